The van der Waals surface area contributed by atoms with Crippen LogP contribution in [0.3, 0.4) is 0 Å². The van der Waals surface area contributed by atoms with E-state index >= 15 is 0 Å². The Morgan fingerprint density at radius 2 is 2.19 bits per heavy atom. The zero-order valence-electron chi connectivity index (χ0n) is 7.49. The summed E-state index contributed by atoms with van der Waals surface area (Å²) in [4.78, 5) is 9.58. The summed E-state index contributed by atoms with van der Waals surface area (Å²) >= 11 is 5.52. The fourth-order valence-corrected chi connectivity index (χ4v) is 1.20. The smallest absolute Gasteiger partial charge is 0.387 e. The molecule has 8 heteroatoms. The number of nitriles is 1. The van der Waals surface area contributed by atoms with Gasteiger partial charge in [0.1, 0.15) is 11.6 Å². The molecule has 0 aliphatic rings. The number of alkyl halides is 2. The fraction of sp³-hybridized carbons (Fsp3) is 0.125. The first-order valence-electron chi connectivity index (χ1n) is 3.79. The third kappa shape index (κ3) is 2.35. The fourth-order valence-electron chi connectivity index (χ4n) is 1.00. The monoisotopic (exact) mass is 248 g/mol. The second-order valence-electron chi connectivity index (χ2n) is 2.52. The summed E-state index contributed by atoms with van der Waals surface area (Å²) < 4.78 is 28.0. The Morgan fingerprint density at radius 3 is 2.62 bits per heavy atom. The highest BCUT2D eigenvalue weighted by molar-refractivity contribution is 6.32. The zero-order chi connectivity index (χ0) is 12.3. The molecule has 0 bridgehead atoms. The van der Waals surface area contributed by atoms with Crippen molar-refractivity contribution in [3.63, 3.8) is 0 Å². The lowest BCUT2D eigenvalue weighted by molar-refractivity contribution is -0.386. The van der Waals surface area contributed by atoms with E-state index in [0.717, 1.165) is 12.1 Å². The minimum absolute atomic E-state index is 0.191. The number of nitro benzene ring substituents is 1. The van der Waals surface area contributed by atoms with Crippen molar-refractivity contribution >= 4 is 17.3 Å². The molecule has 0 heterocycles. The maximum absolute atomic E-state index is 12.0. The van der Waals surface area contributed by atoms with Gasteiger partial charge in [0.15, 0.2) is 0 Å². The Balaban J connectivity index is 3.42. The van der Waals surface area contributed by atoms with Gasteiger partial charge in [0, 0.05) is 6.07 Å². The van der Waals surface area contributed by atoms with Crippen molar-refractivity contribution in [1.82, 2.24) is 0 Å². The van der Waals surface area contributed by atoms with Crippen molar-refractivity contribution in [3.05, 3.63) is 32.8 Å². The van der Waals surface area contributed by atoms with Gasteiger partial charge in [0.05, 0.1) is 9.95 Å². The Hall–Kier alpha value is -1.94. The molecule has 1 rings (SSSR count). The van der Waals surface area contributed by atoms with Gasteiger partial charge in [0.2, 0.25) is 5.75 Å². The van der Waals surface area contributed by atoms with E-state index in [-0.39, 0.29) is 5.02 Å². The molecule has 0 spiro atoms. The van der Waals surface area contributed by atoms with Crippen LogP contribution in [0.15, 0.2) is 12.1 Å². The first kappa shape index (κ1) is 12.1. The van der Waals surface area contributed by atoms with E-state index in [0.29, 0.717) is 0 Å². The van der Waals surface area contributed by atoms with Crippen molar-refractivity contribution in [2.75, 3.05) is 0 Å². The number of nitrogens with zero attached hydrogens (tertiary/aromatic N) is 2. The van der Waals surface area contributed by atoms with Crippen LogP contribution in [0.2, 0.25) is 5.02 Å². The molecule has 0 saturated carbocycles. The average molecular weight is 249 g/mol. The number of rotatable bonds is 3. The molecule has 0 aliphatic heterocycles. The molecular formula is C8H3ClF2N2O3. The van der Waals surface area contributed by atoms with Gasteiger partial charge in [-0.05, 0) is 6.07 Å². The van der Waals surface area contributed by atoms with Gasteiger partial charge in [-0.3, -0.25) is 10.1 Å². The van der Waals surface area contributed by atoms with E-state index in [2.05, 4.69) is 4.74 Å². The number of ether oxygens (including phenoxy) is 1. The maximum Gasteiger partial charge on any atom is 0.387 e. The topological polar surface area (TPSA) is 76.2 Å². The maximum atomic E-state index is 12.0. The van der Waals surface area contributed by atoms with E-state index < -0.39 is 28.5 Å². The number of nitro groups is 1. The number of benzene rings is 1. The summed E-state index contributed by atoms with van der Waals surface area (Å²) in [6, 6.07) is 3.43. The van der Waals surface area contributed by atoms with Crippen LogP contribution in [-0.4, -0.2) is 11.5 Å². The van der Waals surface area contributed by atoms with Gasteiger partial charge >= 0.3 is 12.3 Å². The highest BCUT2D eigenvalue weighted by Gasteiger charge is 2.24. The van der Waals surface area contributed by atoms with Crippen molar-refractivity contribution < 1.29 is 18.4 Å². The summed E-state index contributed by atoms with van der Waals surface area (Å²) in [5.74, 6) is -0.824. The van der Waals surface area contributed by atoms with Crippen molar-refractivity contribution in [2.24, 2.45) is 0 Å². The summed E-state index contributed by atoms with van der Waals surface area (Å²) in [7, 11) is 0. The van der Waals surface area contributed by atoms with Crippen LogP contribution >= 0.6 is 11.6 Å². The molecule has 5 nitrogen and oxygen atoms in total. The molecule has 0 N–H and O–H groups in total. The van der Waals surface area contributed by atoms with E-state index in [1.807, 2.05) is 0 Å². The second-order valence-corrected chi connectivity index (χ2v) is 2.93. The highest BCUT2D eigenvalue weighted by atomic mass is 35.5. The van der Waals surface area contributed by atoms with Crippen LogP contribution in [-0.2, 0) is 0 Å². The Morgan fingerprint density at radius 1 is 1.56 bits per heavy atom. The minimum Gasteiger partial charge on any atom is -0.426 e. The molecule has 84 valence electrons. The third-order valence-electron chi connectivity index (χ3n) is 1.60. The van der Waals surface area contributed by atoms with Gasteiger partial charge in [-0.2, -0.15) is 14.0 Å². The lowest BCUT2D eigenvalue weighted by atomic mass is 10.2. The molecule has 0 aromatic heterocycles. The molecule has 16 heavy (non-hydrogen) atoms. The Labute approximate surface area is 93.0 Å². The third-order valence-corrected chi connectivity index (χ3v) is 1.92. The molecule has 1 aromatic rings. The van der Waals surface area contributed by atoms with Crippen LogP contribution < -0.4 is 4.74 Å². The molecule has 1 aromatic carbocycles. The Bertz CT molecular complexity index is 473. The first-order chi connectivity index (χ1) is 7.47. The van der Waals surface area contributed by atoms with E-state index in [1.54, 1.807) is 0 Å². The molecule has 0 saturated heterocycles. The summed E-state index contributed by atoms with van der Waals surface area (Å²) in [5.41, 5.74) is -1.22. The SMILES string of the molecule is N#Cc1c(Cl)ccc([N+](=O)[O-])c1OC(F)F. The van der Waals surface area contributed by atoms with E-state index in [9.17, 15) is 18.9 Å². The quantitative estimate of drug-likeness (QED) is 0.609. The lowest BCUT2D eigenvalue weighted by Crippen LogP contribution is -2.06. The van der Waals surface area contributed by atoms with Gasteiger partial charge in [-0.1, -0.05) is 11.6 Å². The predicted molar refractivity (Wildman–Crippen MR) is 49.5 cm³/mol. The summed E-state index contributed by atoms with van der Waals surface area (Å²) in [6.45, 7) is -3.27. The van der Waals surface area contributed by atoms with Gasteiger partial charge in [-0.25, -0.2) is 0 Å². The van der Waals surface area contributed by atoms with Gasteiger partial charge < -0.3 is 4.74 Å². The number of hydrogen-bond donors (Lipinski definition) is 0. The lowest BCUT2D eigenvalue weighted by Gasteiger charge is -2.07. The standard InChI is InChI=1S/C8H3ClF2N2O3/c9-5-1-2-6(13(14)15)7(4(5)3-12)16-8(10)11/h1-2,8H. The highest BCUT2D eigenvalue weighted by Crippen LogP contribution is 2.36. The van der Waals surface area contributed by atoms with Crippen molar-refractivity contribution in [1.29, 1.82) is 5.26 Å². The molecular weight excluding hydrogens is 246 g/mol. The predicted octanol–water partition coefficient (Wildman–Crippen LogP) is 2.72. The van der Waals surface area contributed by atoms with E-state index in [4.69, 9.17) is 16.9 Å². The molecule has 0 amide bonds. The molecule has 0 fully saturated rings. The number of hydrogen-bond acceptors (Lipinski definition) is 4. The second kappa shape index (κ2) is 4.72. The first-order valence-corrected chi connectivity index (χ1v) is 4.17. The number of halogens is 3. The van der Waals surface area contributed by atoms with Crippen LogP contribution in [0.25, 0.3) is 0 Å². The largest absolute Gasteiger partial charge is 0.426 e. The molecule has 0 aliphatic carbocycles. The Kier molecular flexibility index (Phi) is 3.58. The van der Waals surface area contributed by atoms with Crippen molar-refractivity contribution in [3.8, 4) is 11.8 Å². The molecule has 0 unspecified atom stereocenters. The van der Waals surface area contributed by atoms with E-state index in [1.165, 1.54) is 6.07 Å². The van der Waals surface area contributed by atoms with Crippen molar-refractivity contribution in [2.45, 2.75) is 6.61 Å². The van der Waals surface area contributed by atoms with Crippen LogP contribution in [0.1, 0.15) is 5.56 Å². The summed E-state index contributed by atoms with van der Waals surface area (Å²) in [6.07, 6.45) is 0. The van der Waals surface area contributed by atoms with Crippen LogP contribution in [0.4, 0.5) is 14.5 Å². The van der Waals surface area contributed by atoms with Crippen LogP contribution in [0, 0.1) is 21.4 Å². The minimum atomic E-state index is -3.27. The van der Waals surface area contributed by atoms with Gasteiger partial charge in [0.25, 0.3) is 0 Å². The summed E-state index contributed by atoms with van der Waals surface area (Å²) in [5, 5.41) is 19.0. The normalized spacial score (nSPS) is 9.94. The van der Waals surface area contributed by atoms with Gasteiger partial charge in [-0.15, -0.1) is 0 Å². The molecule has 0 atom stereocenters. The van der Waals surface area contributed by atoms with Crippen LogP contribution in [0.5, 0.6) is 5.75 Å². The zero-order valence-corrected chi connectivity index (χ0v) is 8.24. The molecule has 0 radical (unpaired) electrons. The average Bonchev–Trinajstić information content (AvgIpc) is 2.16.